The van der Waals surface area contributed by atoms with Gasteiger partial charge in [0.05, 0.1) is 5.56 Å². The van der Waals surface area contributed by atoms with Crippen molar-refractivity contribution in [1.82, 2.24) is 15.4 Å². The highest BCUT2D eigenvalue weighted by Gasteiger charge is 2.57. The van der Waals surface area contributed by atoms with Gasteiger partial charge in [0.25, 0.3) is 5.91 Å². The molecule has 2 aromatic rings. The second-order valence-corrected chi connectivity index (χ2v) is 6.71. The molecule has 0 aliphatic rings. The molecule has 0 saturated heterocycles. The van der Waals surface area contributed by atoms with Crippen molar-refractivity contribution in [2.75, 3.05) is 5.32 Å². The number of hydrogen-bond donors (Lipinski definition) is 2. The Kier molecular flexibility index (Phi) is 6.58. The average molecular weight is 410 g/mol. The van der Waals surface area contributed by atoms with E-state index in [1.54, 1.807) is 6.92 Å². The van der Waals surface area contributed by atoms with Crippen LogP contribution in [0.3, 0.4) is 0 Å². The molecule has 2 atom stereocenters. The monoisotopic (exact) mass is 410 g/mol. The molecule has 2 amide bonds. The predicted molar refractivity (Wildman–Crippen MR) is 98.9 cm³/mol. The third-order valence-corrected chi connectivity index (χ3v) is 4.45. The van der Waals surface area contributed by atoms with Crippen LogP contribution in [0.15, 0.2) is 36.7 Å². The predicted octanol–water partition coefficient (Wildman–Crippen LogP) is 3.53. The van der Waals surface area contributed by atoms with Crippen LogP contribution in [0.25, 0.3) is 0 Å². The second kappa shape index (κ2) is 8.56. The summed E-state index contributed by atoms with van der Waals surface area (Å²) < 4.78 is 41.8. The first-order chi connectivity index (χ1) is 13.4. The molecule has 0 aliphatic carbocycles. The molecule has 2 rings (SSSR count). The number of hydrogen-bond acceptors (Lipinski definition) is 5. The van der Waals surface area contributed by atoms with Gasteiger partial charge in [-0.15, -0.1) is 0 Å². The number of rotatable bonds is 6. The molecule has 7 nitrogen and oxygen atoms in total. The summed E-state index contributed by atoms with van der Waals surface area (Å²) in [6.07, 6.45) is -2.18. The summed E-state index contributed by atoms with van der Waals surface area (Å²) in [5.41, 5.74) is -0.179. The first kappa shape index (κ1) is 22.3. The number of hydroxylamine groups is 1. The van der Waals surface area contributed by atoms with Gasteiger partial charge in [0.2, 0.25) is 5.91 Å². The van der Waals surface area contributed by atoms with Gasteiger partial charge in [-0.3, -0.25) is 19.4 Å². The fraction of sp³-hybridized carbons (Fsp3) is 0.368. The molecule has 2 unspecified atom stereocenters. The number of carbonyl (C=O) groups excluding carboxylic acids is 2. The van der Waals surface area contributed by atoms with Crippen LogP contribution in [0.4, 0.5) is 19.0 Å². The molecule has 2 aromatic heterocycles. The largest absolute Gasteiger partial charge is 0.420 e. The lowest BCUT2D eigenvalue weighted by molar-refractivity contribution is -0.291. The maximum Gasteiger partial charge on any atom is 0.420 e. The number of pyridine rings is 2. The van der Waals surface area contributed by atoms with Gasteiger partial charge in [-0.05, 0) is 43.7 Å². The third-order valence-electron chi connectivity index (χ3n) is 4.45. The van der Waals surface area contributed by atoms with E-state index >= 15 is 0 Å². The Morgan fingerprint density at radius 3 is 2.48 bits per heavy atom. The maximum absolute atomic E-state index is 13.9. The lowest BCUT2D eigenvalue weighted by Crippen LogP contribution is -2.52. The van der Waals surface area contributed by atoms with Crippen molar-refractivity contribution in [3.8, 4) is 0 Å². The molecular formula is C19H21F3N4O3. The van der Waals surface area contributed by atoms with E-state index in [1.807, 2.05) is 5.48 Å². The van der Waals surface area contributed by atoms with Gasteiger partial charge in [0.1, 0.15) is 5.82 Å². The van der Waals surface area contributed by atoms with Crippen LogP contribution in [-0.4, -0.2) is 33.6 Å². The average Bonchev–Trinajstić information content (AvgIpc) is 2.64. The number of amides is 2. The van der Waals surface area contributed by atoms with Gasteiger partial charge in [0.15, 0.2) is 5.60 Å². The molecule has 0 aromatic carbocycles. The fourth-order valence-electron chi connectivity index (χ4n) is 2.61. The summed E-state index contributed by atoms with van der Waals surface area (Å²) in [7, 11) is 0. The van der Waals surface area contributed by atoms with Crippen LogP contribution in [-0.2, 0) is 9.63 Å². The van der Waals surface area contributed by atoms with Crippen molar-refractivity contribution in [2.45, 2.75) is 45.4 Å². The van der Waals surface area contributed by atoms with Gasteiger partial charge in [-0.25, -0.2) is 10.5 Å². The number of aryl methyl sites for hydroxylation is 1. The summed E-state index contributed by atoms with van der Waals surface area (Å²) in [6.45, 7) is 5.02. The Bertz CT molecular complexity index is 890. The molecule has 29 heavy (non-hydrogen) atoms. The molecule has 0 saturated carbocycles. The highest BCUT2D eigenvalue weighted by Crippen LogP contribution is 2.43. The number of alkyl halides is 3. The quantitative estimate of drug-likeness (QED) is 0.711. The van der Waals surface area contributed by atoms with E-state index in [9.17, 15) is 22.8 Å². The topological polar surface area (TPSA) is 93.2 Å². The van der Waals surface area contributed by atoms with E-state index in [4.69, 9.17) is 4.84 Å². The Labute approximate surface area is 165 Å². The molecule has 10 heteroatoms. The summed E-state index contributed by atoms with van der Waals surface area (Å²) >= 11 is 0. The number of nitrogens with zero attached hydrogens (tertiary/aromatic N) is 2. The molecule has 2 heterocycles. The first-order valence-corrected chi connectivity index (χ1v) is 8.65. The standard InChI is InChI=1S/C19H21F3N4O3/c1-11-8-15(9-16(24-11)25-13(3)27)12(2)18(4,19(20,21)22)29-26-17(28)14-6-5-7-23-10-14/h5-10,12H,1-4H3,(H,26,28)(H,24,25,27). The van der Waals surface area contributed by atoms with E-state index in [0.717, 1.165) is 6.92 Å². The van der Waals surface area contributed by atoms with Gasteiger partial charge in [0, 0.05) is 30.9 Å². The highest BCUT2D eigenvalue weighted by molar-refractivity contribution is 5.93. The van der Waals surface area contributed by atoms with Crippen LogP contribution in [0.2, 0.25) is 0 Å². The van der Waals surface area contributed by atoms with E-state index in [0.29, 0.717) is 5.69 Å². The minimum atomic E-state index is -4.82. The number of aromatic nitrogens is 2. The van der Waals surface area contributed by atoms with Crippen LogP contribution in [0, 0.1) is 6.92 Å². The lowest BCUT2D eigenvalue weighted by atomic mass is 9.84. The van der Waals surface area contributed by atoms with E-state index in [2.05, 4.69) is 15.3 Å². The summed E-state index contributed by atoms with van der Waals surface area (Å²) in [4.78, 5) is 36.1. The smallest absolute Gasteiger partial charge is 0.311 e. The SMILES string of the molecule is CC(=O)Nc1cc(C(C)C(C)(ONC(=O)c2cccnc2)C(F)(F)F)cc(C)n1. The maximum atomic E-state index is 13.9. The number of nitrogens with one attached hydrogen (secondary N) is 2. The minimum absolute atomic E-state index is 0.0531. The first-order valence-electron chi connectivity index (χ1n) is 8.65. The number of halogens is 3. The Morgan fingerprint density at radius 1 is 1.24 bits per heavy atom. The van der Waals surface area contributed by atoms with Crippen LogP contribution in [0.5, 0.6) is 0 Å². The second-order valence-electron chi connectivity index (χ2n) is 6.71. The Balaban J connectivity index is 2.32. The van der Waals surface area contributed by atoms with Crippen molar-refractivity contribution in [1.29, 1.82) is 0 Å². The van der Waals surface area contributed by atoms with Gasteiger partial charge in [-0.1, -0.05) is 6.92 Å². The van der Waals surface area contributed by atoms with Gasteiger partial charge in [-0.2, -0.15) is 13.2 Å². The van der Waals surface area contributed by atoms with Crippen LogP contribution < -0.4 is 10.8 Å². The molecule has 2 N–H and O–H groups in total. The molecule has 0 aliphatic heterocycles. The molecule has 156 valence electrons. The fourth-order valence-corrected chi connectivity index (χ4v) is 2.61. The van der Waals surface area contributed by atoms with Crippen LogP contribution >= 0.6 is 0 Å². The Morgan fingerprint density at radius 2 is 1.93 bits per heavy atom. The zero-order valence-corrected chi connectivity index (χ0v) is 16.3. The van der Waals surface area contributed by atoms with E-state index < -0.39 is 29.5 Å². The lowest BCUT2D eigenvalue weighted by Gasteiger charge is -2.36. The molecule has 0 spiro atoms. The molecular weight excluding hydrogens is 389 g/mol. The highest BCUT2D eigenvalue weighted by atomic mass is 19.4. The van der Waals surface area contributed by atoms with E-state index in [1.165, 1.54) is 50.5 Å². The van der Waals surface area contributed by atoms with Crippen molar-refractivity contribution >= 4 is 17.6 Å². The molecule has 0 fully saturated rings. The van der Waals surface area contributed by atoms with Crippen LogP contribution in [0.1, 0.15) is 48.3 Å². The molecule has 0 bridgehead atoms. The zero-order chi connectivity index (χ0) is 21.8. The van der Waals surface area contributed by atoms with Crippen molar-refractivity contribution in [3.63, 3.8) is 0 Å². The van der Waals surface area contributed by atoms with Gasteiger partial charge < -0.3 is 5.32 Å². The van der Waals surface area contributed by atoms with Crippen molar-refractivity contribution in [2.24, 2.45) is 0 Å². The number of carbonyl (C=O) groups is 2. The zero-order valence-electron chi connectivity index (χ0n) is 16.3. The number of anilines is 1. The summed E-state index contributed by atoms with van der Waals surface area (Å²) in [6, 6.07) is 5.68. The van der Waals surface area contributed by atoms with E-state index in [-0.39, 0.29) is 16.9 Å². The Hall–Kier alpha value is -3.01. The minimum Gasteiger partial charge on any atom is -0.311 e. The third kappa shape index (κ3) is 5.29. The van der Waals surface area contributed by atoms with Gasteiger partial charge >= 0.3 is 6.18 Å². The normalized spacial score (nSPS) is 14.6. The molecule has 0 radical (unpaired) electrons. The van der Waals surface area contributed by atoms with Crippen molar-refractivity contribution < 1.29 is 27.6 Å². The summed E-state index contributed by atoms with van der Waals surface area (Å²) in [5.74, 6) is -2.37. The van der Waals surface area contributed by atoms with Crippen molar-refractivity contribution in [3.05, 3.63) is 53.5 Å². The summed E-state index contributed by atoms with van der Waals surface area (Å²) in [5, 5.41) is 2.45.